The van der Waals surface area contributed by atoms with Gasteiger partial charge in [-0.1, -0.05) is 31.7 Å². The van der Waals surface area contributed by atoms with E-state index < -0.39 is 0 Å². The summed E-state index contributed by atoms with van der Waals surface area (Å²) < 4.78 is 6.14. The van der Waals surface area contributed by atoms with Crippen LogP contribution in [0.3, 0.4) is 0 Å². The van der Waals surface area contributed by atoms with Crippen molar-refractivity contribution < 1.29 is 0 Å². The minimum atomic E-state index is 0.159. The van der Waals surface area contributed by atoms with E-state index in [0.717, 1.165) is 38.0 Å². The molecule has 0 aliphatic rings. The van der Waals surface area contributed by atoms with E-state index in [1.165, 1.54) is 22.0 Å². The highest BCUT2D eigenvalue weighted by atomic mass is 32.1. The van der Waals surface area contributed by atoms with Crippen LogP contribution in [-0.4, -0.2) is 25.9 Å². The summed E-state index contributed by atoms with van der Waals surface area (Å²) in [5.41, 5.74) is 2.32. The summed E-state index contributed by atoms with van der Waals surface area (Å²) in [6, 6.07) is 0.159. The van der Waals surface area contributed by atoms with Crippen molar-refractivity contribution in [3.05, 3.63) is 28.5 Å². The van der Waals surface area contributed by atoms with Crippen LogP contribution in [-0.2, 0) is 13.0 Å². The monoisotopic (exact) mass is 293 g/mol. The number of hydrogen-bond acceptors (Lipinski definition) is 5. The molecule has 2 rings (SSSR count). The molecule has 0 radical (unpaired) electrons. The maximum Gasteiger partial charge on any atom is 0.0807 e. The second kappa shape index (κ2) is 7.50. The summed E-state index contributed by atoms with van der Waals surface area (Å²) in [5.74, 6) is 0. The van der Waals surface area contributed by atoms with Gasteiger partial charge in [-0.15, -0.1) is 5.10 Å². The van der Waals surface area contributed by atoms with Gasteiger partial charge in [0.15, 0.2) is 0 Å². The molecule has 2 heterocycles. The Hall–Kier alpha value is -1.27. The SMILES string of the molecule is CCCc1nnsc1C(NCC)c1cnn(CCC)c1. The molecule has 110 valence electrons. The van der Waals surface area contributed by atoms with Gasteiger partial charge in [0.2, 0.25) is 0 Å². The van der Waals surface area contributed by atoms with Crippen molar-refractivity contribution in [3.63, 3.8) is 0 Å². The quantitative estimate of drug-likeness (QED) is 0.813. The molecular formula is C14H23N5S. The minimum absolute atomic E-state index is 0.159. The molecule has 0 aromatic carbocycles. The molecule has 0 saturated carbocycles. The lowest BCUT2D eigenvalue weighted by Gasteiger charge is -2.15. The summed E-state index contributed by atoms with van der Waals surface area (Å²) in [5, 5.41) is 12.2. The molecule has 20 heavy (non-hydrogen) atoms. The first-order valence-electron chi connectivity index (χ1n) is 7.36. The zero-order chi connectivity index (χ0) is 14.4. The number of aryl methyl sites for hydroxylation is 2. The first kappa shape index (κ1) is 15.1. The zero-order valence-corrected chi connectivity index (χ0v) is 13.3. The smallest absolute Gasteiger partial charge is 0.0807 e. The Morgan fingerprint density at radius 1 is 1.30 bits per heavy atom. The third-order valence-electron chi connectivity index (χ3n) is 3.18. The van der Waals surface area contributed by atoms with E-state index in [2.05, 4.69) is 47.0 Å². The Morgan fingerprint density at radius 2 is 2.15 bits per heavy atom. The summed E-state index contributed by atoms with van der Waals surface area (Å²) in [4.78, 5) is 1.23. The molecule has 1 N–H and O–H groups in total. The van der Waals surface area contributed by atoms with Crippen LogP contribution < -0.4 is 5.32 Å². The van der Waals surface area contributed by atoms with E-state index in [4.69, 9.17) is 0 Å². The Bertz CT molecular complexity index is 519. The topological polar surface area (TPSA) is 55.6 Å². The van der Waals surface area contributed by atoms with Gasteiger partial charge in [0.25, 0.3) is 0 Å². The van der Waals surface area contributed by atoms with E-state index in [1.54, 1.807) is 0 Å². The van der Waals surface area contributed by atoms with Crippen LogP contribution in [0.1, 0.15) is 55.8 Å². The molecule has 1 atom stereocenters. The minimum Gasteiger partial charge on any atom is -0.306 e. The summed E-state index contributed by atoms with van der Waals surface area (Å²) in [6.45, 7) is 8.33. The van der Waals surface area contributed by atoms with Crippen molar-refractivity contribution in [2.24, 2.45) is 0 Å². The lowest BCUT2D eigenvalue weighted by Crippen LogP contribution is -2.22. The molecule has 2 aromatic heterocycles. The molecular weight excluding hydrogens is 270 g/mol. The van der Waals surface area contributed by atoms with Crippen molar-refractivity contribution in [1.82, 2.24) is 24.7 Å². The second-order valence-corrected chi connectivity index (χ2v) is 5.65. The molecule has 0 spiro atoms. The Labute approximate surface area is 124 Å². The number of nitrogens with one attached hydrogen (secondary N) is 1. The molecule has 0 aliphatic heterocycles. The average Bonchev–Trinajstić information content (AvgIpc) is 3.07. The molecule has 2 aromatic rings. The first-order chi connectivity index (χ1) is 9.80. The molecule has 0 aliphatic carbocycles. The summed E-state index contributed by atoms with van der Waals surface area (Å²) in [7, 11) is 0. The molecule has 0 amide bonds. The summed E-state index contributed by atoms with van der Waals surface area (Å²) >= 11 is 1.49. The fourth-order valence-electron chi connectivity index (χ4n) is 2.29. The van der Waals surface area contributed by atoms with E-state index in [-0.39, 0.29) is 6.04 Å². The van der Waals surface area contributed by atoms with Crippen LogP contribution in [0, 0.1) is 0 Å². The van der Waals surface area contributed by atoms with Crippen LogP contribution in [0.25, 0.3) is 0 Å². The predicted molar refractivity (Wildman–Crippen MR) is 81.9 cm³/mol. The fraction of sp³-hybridized carbons (Fsp3) is 0.643. The number of hydrogen-bond donors (Lipinski definition) is 1. The lowest BCUT2D eigenvalue weighted by molar-refractivity contribution is 0.597. The van der Waals surface area contributed by atoms with Crippen LogP contribution in [0.4, 0.5) is 0 Å². The van der Waals surface area contributed by atoms with Gasteiger partial charge in [-0.2, -0.15) is 5.10 Å². The normalized spacial score (nSPS) is 12.8. The molecule has 5 nitrogen and oxygen atoms in total. The van der Waals surface area contributed by atoms with Crippen molar-refractivity contribution >= 4 is 11.5 Å². The fourth-order valence-corrected chi connectivity index (χ4v) is 3.09. The van der Waals surface area contributed by atoms with E-state index >= 15 is 0 Å². The molecule has 6 heteroatoms. The van der Waals surface area contributed by atoms with Gasteiger partial charge in [-0.05, 0) is 30.9 Å². The van der Waals surface area contributed by atoms with Crippen LogP contribution in [0.15, 0.2) is 12.4 Å². The number of nitrogens with zero attached hydrogens (tertiary/aromatic N) is 4. The van der Waals surface area contributed by atoms with E-state index in [9.17, 15) is 0 Å². The highest BCUT2D eigenvalue weighted by Gasteiger charge is 2.21. The van der Waals surface area contributed by atoms with Gasteiger partial charge in [0.1, 0.15) is 0 Å². The number of aromatic nitrogens is 4. The maximum atomic E-state index is 4.44. The predicted octanol–water partition coefficient (Wildman–Crippen LogP) is 2.80. The highest BCUT2D eigenvalue weighted by Crippen LogP contribution is 2.27. The van der Waals surface area contributed by atoms with E-state index in [1.807, 2.05) is 10.9 Å². The van der Waals surface area contributed by atoms with Gasteiger partial charge in [0.05, 0.1) is 22.8 Å². The van der Waals surface area contributed by atoms with Crippen molar-refractivity contribution in [1.29, 1.82) is 0 Å². The van der Waals surface area contributed by atoms with E-state index in [0.29, 0.717) is 0 Å². The standard InChI is InChI=1S/C14H23N5S/c1-4-7-12-14(20-18-17-12)13(15-6-3)11-9-16-19(10-11)8-5-2/h9-10,13,15H,4-8H2,1-3H3. The van der Waals surface area contributed by atoms with Gasteiger partial charge < -0.3 is 5.32 Å². The molecule has 1 unspecified atom stereocenters. The van der Waals surface area contributed by atoms with Crippen LogP contribution in [0.5, 0.6) is 0 Å². The third-order valence-corrected chi connectivity index (χ3v) is 4.01. The van der Waals surface area contributed by atoms with Gasteiger partial charge in [-0.25, -0.2) is 0 Å². The van der Waals surface area contributed by atoms with Crippen LogP contribution >= 0.6 is 11.5 Å². The summed E-state index contributed by atoms with van der Waals surface area (Å²) in [6.07, 6.45) is 7.25. The Kier molecular flexibility index (Phi) is 5.67. The molecule has 0 saturated heterocycles. The second-order valence-electron chi connectivity index (χ2n) is 4.86. The Balaban J connectivity index is 2.26. The lowest BCUT2D eigenvalue weighted by atomic mass is 10.1. The largest absolute Gasteiger partial charge is 0.306 e. The van der Waals surface area contributed by atoms with Crippen molar-refractivity contribution in [2.75, 3.05) is 6.54 Å². The molecule has 0 fully saturated rings. The van der Waals surface area contributed by atoms with Crippen LogP contribution in [0.2, 0.25) is 0 Å². The number of rotatable bonds is 8. The first-order valence-corrected chi connectivity index (χ1v) is 8.14. The molecule has 0 bridgehead atoms. The van der Waals surface area contributed by atoms with Crippen molar-refractivity contribution in [3.8, 4) is 0 Å². The average molecular weight is 293 g/mol. The van der Waals surface area contributed by atoms with Crippen molar-refractivity contribution in [2.45, 2.75) is 52.6 Å². The van der Waals surface area contributed by atoms with Gasteiger partial charge in [-0.3, -0.25) is 4.68 Å². The Morgan fingerprint density at radius 3 is 2.85 bits per heavy atom. The zero-order valence-electron chi connectivity index (χ0n) is 12.5. The highest BCUT2D eigenvalue weighted by molar-refractivity contribution is 7.05. The third kappa shape index (κ3) is 3.43. The maximum absolute atomic E-state index is 4.44. The van der Waals surface area contributed by atoms with Gasteiger partial charge >= 0.3 is 0 Å². The van der Waals surface area contributed by atoms with Gasteiger partial charge in [0, 0.05) is 18.3 Å².